The summed E-state index contributed by atoms with van der Waals surface area (Å²) in [6.45, 7) is 3.25. The summed E-state index contributed by atoms with van der Waals surface area (Å²) in [5, 5.41) is 50.2. The number of rotatable bonds is 40. The van der Waals surface area contributed by atoms with E-state index in [0.29, 0.717) is 19.3 Å². The maximum absolute atomic E-state index is 12.8. The number of carbonyl (C=O) groups is 2. The lowest BCUT2D eigenvalue weighted by atomic mass is 9.85. The van der Waals surface area contributed by atoms with E-state index in [2.05, 4.69) is 50.3 Å². The minimum Gasteiger partial charge on any atom is -0.462 e. The Morgan fingerprint density at radius 1 is 0.492 bits per heavy atom. The van der Waals surface area contributed by atoms with E-state index in [-0.39, 0.29) is 12.8 Å². The molecule has 6 unspecified atom stereocenters. The van der Waals surface area contributed by atoms with E-state index in [4.69, 9.17) is 18.5 Å². The molecule has 0 amide bonds. The number of esters is 2. The van der Waals surface area contributed by atoms with E-state index in [1.165, 1.54) is 96.3 Å². The molecule has 8 atom stereocenters. The highest BCUT2D eigenvalue weighted by Crippen LogP contribution is 2.47. The molecule has 0 spiro atoms. The van der Waals surface area contributed by atoms with E-state index < -0.39 is 75.7 Å². The monoisotopic (exact) mass is 915 g/mol. The highest BCUT2D eigenvalue weighted by molar-refractivity contribution is 7.47. The molecular weight excluding hydrogens is 827 g/mol. The molecule has 13 nitrogen and oxygen atoms in total. The molecule has 366 valence electrons. The molecule has 0 saturated heterocycles. The lowest BCUT2D eigenvalue weighted by Gasteiger charge is -2.41. The van der Waals surface area contributed by atoms with Crippen LogP contribution in [0.1, 0.15) is 194 Å². The molecule has 0 radical (unpaired) electrons. The summed E-state index contributed by atoms with van der Waals surface area (Å²) in [5.41, 5.74) is 0. The molecule has 0 aromatic heterocycles. The minimum atomic E-state index is -5.13. The van der Waals surface area contributed by atoms with Crippen molar-refractivity contribution in [2.24, 2.45) is 0 Å². The number of allylic oxidation sites excluding steroid dienone is 8. The van der Waals surface area contributed by atoms with Gasteiger partial charge >= 0.3 is 19.8 Å². The maximum atomic E-state index is 12.8. The van der Waals surface area contributed by atoms with Gasteiger partial charge in [0.2, 0.25) is 0 Å². The van der Waals surface area contributed by atoms with Gasteiger partial charge in [0.05, 0.1) is 6.61 Å². The third kappa shape index (κ3) is 31.4. The number of aliphatic hydroxyl groups is 5. The maximum Gasteiger partial charge on any atom is 0.472 e. The second-order valence-electron chi connectivity index (χ2n) is 17.0. The average Bonchev–Trinajstić information content (AvgIpc) is 3.26. The summed E-state index contributed by atoms with van der Waals surface area (Å²) in [6.07, 6.45) is 33.1. The van der Waals surface area contributed by atoms with Crippen molar-refractivity contribution in [2.45, 2.75) is 236 Å². The van der Waals surface area contributed by atoms with Crippen molar-refractivity contribution in [3.8, 4) is 0 Å². The molecule has 0 bridgehead atoms. The molecule has 0 aromatic rings. The first-order chi connectivity index (χ1) is 30.4. The molecule has 14 heteroatoms. The normalized spacial score (nSPS) is 22.1. The van der Waals surface area contributed by atoms with Gasteiger partial charge in [-0.15, -0.1) is 0 Å². The van der Waals surface area contributed by atoms with E-state index in [1.54, 1.807) is 0 Å². The summed E-state index contributed by atoms with van der Waals surface area (Å²) in [7, 11) is -5.13. The number of aliphatic hydroxyl groups excluding tert-OH is 5. The first-order valence-corrected chi connectivity index (χ1v) is 25.9. The first-order valence-electron chi connectivity index (χ1n) is 24.4. The van der Waals surface area contributed by atoms with Crippen LogP contribution in [-0.4, -0.2) is 98.3 Å². The fraction of sp³-hybridized carbons (Fsp3) is 0.796. The van der Waals surface area contributed by atoms with Crippen molar-refractivity contribution in [3.05, 3.63) is 48.6 Å². The Morgan fingerprint density at radius 3 is 1.38 bits per heavy atom. The van der Waals surface area contributed by atoms with Crippen molar-refractivity contribution >= 4 is 19.8 Å². The van der Waals surface area contributed by atoms with Crippen molar-refractivity contribution < 1.29 is 63.1 Å². The lowest BCUT2D eigenvalue weighted by Crippen LogP contribution is -2.64. The van der Waals surface area contributed by atoms with Crippen molar-refractivity contribution in [1.29, 1.82) is 0 Å². The molecule has 1 fully saturated rings. The molecule has 63 heavy (non-hydrogen) atoms. The Morgan fingerprint density at radius 2 is 0.873 bits per heavy atom. The number of ether oxygens (including phenoxy) is 2. The van der Waals surface area contributed by atoms with Gasteiger partial charge in [0.15, 0.2) is 6.10 Å². The van der Waals surface area contributed by atoms with Crippen LogP contribution in [0.4, 0.5) is 0 Å². The minimum absolute atomic E-state index is 0.0243. The van der Waals surface area contributed by atoms with Crippen molar-refractivity contribution in [3.63, 3.8) is 0 Å². The van der Waals surface area contributed by atoms with E-state index in [0.717, 1.165) is 51.4 Å². The molecule has 6 N–H and O–H groups in total. The van der Waals surface area contributed by atoms with Crippen LogP contribution < -0.4 is 0 Å². The van der Waals surface area contributed by atoms with Gasteiger partial charge in [-0.3, -0.25) is 18.6 Å². The zero-order valence-electron chi connectivity index (χ0n) is 38.9. The predicted molar refractivity (Wildman–Crippen MR) is 249 cm³/mol. The Hall–Kier alpha value is -2.19. The van der Waals surface area contributed by atoms with Crippen LogP contribution in [0, 0.1) is 0 Å². The highest BCUT2D eigenvalue weighted by atomic mass is 31.2. The quantitative estimate of drug-likeness (QED) is 0.0147. The number of unbranched alkanes of at least 4 members (excludes halogenated alkanes) is 20. The SMILES string of the molecule is CCCCCC/C=C/CCCCCCCCCCCC(=O)OC[C@@H](COP(=O)(O)OC1C(O)C(O)C(O)[C@H](O)C1O)OC(=O)CCC/C=C/C/C=C/C/C=C/CCCCCCCC. The van der Waals surface area contributed by atoms with Gasteiger partial charge in [-0.2, -0.15) is 0 Å². The number of hydrogen-bond donors (Lipinski definition) is 6. The van der Waals surface area contributed by atoms with Crippen LogP contribution in [0.25, 0.3) is 0 Å². The van der Waals surface area contributed by atoms with Crippen LogP contribution in [0.15, 0.2) is 48.6 Å². The topological polar surface area (TPSA) is 210 Å². The van der Waals surface area contributed by atoms with Crippen LogP contribution in [0.5, 0.6) is 0 Å². The van der Waals surface area contributed by atoms with E-state index >= 15 is 0 Å². The third-order valence-electron chi connectivity index (χ3n) is 11.1. The molecule has 0 heterocycles. The van der Waals surface area contributed by atoms with Crippen LogP contribution >= 0.6 is 7.82 Å². The summed E-state index contributed by atoms with van der Waals surface area (Å²) in [4.78, 5) is 35.7. The second kappa shape index (κ2) is 39.0. The summed E-state index contributed by atoms with van der Waals surface area (Å²) in [5.74, 6) is -1.16. The summed E-state index contributed by atoms with van der Waals surface area (Å²) >= 11 is 0. The summed E-state index contributed by atoms with van der Waals surface area (Å²) < 4.78 is 33.5. The molecule has 0 aromatic carbocycles. The molecule has 1 aliphatic rings. The smallest absolute Gasteiger partial charge is 0.462 e. The molecular formula is C49H87O13P. The zero-order chi connectivity index (χ0) is 46.4. The van der Waals surface area contributed by atoms with Gasteiger partial charge in [-0.25, -0.2) is 4.57 Å². The first kappa shape index (κ1) is 58.8. The second-order valence-corrected chi connectivity index (χ2v) is 18.4. The van der Waals surface area contributed by atoms with Crippen molar-refractivity contribution in [2.75, 3.05) is 13.2 Å². The Kier molecular flexibility index (Phi) is 36.4. The van der Waals surface area contributed by atoms with Gasteiger partial charge in [-0.05, 0) is 70.6 Å². The zero-order valence-corrected chi connectivity index (χ0v) is 39.8. The third-order valence-corrected chi connectivity index (χ3v) is 12.1. The van der Waals surface area contributed by atoms with Gasteiger partial charge in [0.25, 0.3) is 0 Å². The molecule has 0 aliphatic heterocycles. The average molecular weight is 915 g/mol. The van der Waals surface area contributed by atoms with Gasteiger partial charge in [-0.1, -0.05) is 159 Å². The Balaban J connectivity index is 2.47. The number of carbonyl (C=O) groups excluding carboxylic acids is 2. The van der Waals surface area contributed by atoms with Crippen LogP contribution in [0.3, 0.4) is 0 Å². The number of phosphoric acid groups is 1. The lowest BCUT2D eigenvalue weighted by molar-refractivity contribution is -0.220. The molecule has 1 rings (SSSR count). The molecule has 1 aliphatic carbocycles. The standard InChI is InChI=1S/C49H87O13P/c1-3-5-7-9-11-13-15-17-19-21-23-25-27-29-31-33-35-37-42(50)59-39-41(40-60-63(57,58)62-49-47(55)45(53)44(52)46(54)48(49)56)61-43(51)38-36-34-32-30-28-26-24-22-20-18-16-14-12-10-8-6-4-2/h13,15,18,20,24,26,30,32,41,44-49,52-56H,3-12,14,16-17,19,21-23,25,27-29,31,33-40H2,1-2H3,(H,57,58)/b15-13+,20-18+,26-24+,32-30+/t41-,44?,45-,46?,47?,48?,49?/m0/s1. The molecule has 1 saturated carbocycles. The van der Waals surface area contributed by atoms with E-state index in [9.17, 15) is 44.6 Å². The van der Waals surface area contributed by atoms with Crippen LogP contribution in [-0.2, 0) is 32.7 Å². The van der Waals surface area contributed by atoms with Crippen LogP contribution in [0.2, 0.25) is 0 Å². The largest absolute Gasteiger partial charge is 0.472 e. The van der Waals surface area contributed by atoms with Gasteiger partial charge < -0.3 is 39.9 Å². The number of phosphoric ester groups is 1. The summed E-state index contributed by atoms with van der Waals surface area (Å²) in [6, 6.07) is 0. The Bertz CT molecular complexity index is 1290. The van der Waals surface area contributed by atoms with E-state index in [1.807, 2.05) is 12.2 Å². The fourth-order valence-corrected chi connectivity index (χ4v) is 8.15. The fourth-order valence-electron chi connectivity index (χ4n) is 7.18. The van der Waals surface area contributed by atoms with Gasteiger partial charge in [0.1, 0.15) is 43.2 Å². The van der Waals surface area contributed by atoms with Crippen molar-refractivity contribution in [1.82, 2.24) is 0 Å². The highest BCUT2D eigenvalue weighted by Gasteiger charge is 2.51. The Labute approximate surface area is 380 Å². The number of hydrogen-bond acceptors (Lipinski definition) is 12. The predicted octanol–water partition coefficient (Wildman–Crippen LogP) is 9.95. The van der Waals surface area contributed by atoms with Gasteiger partial charge in [0, 0.05) is 12.8 Å².